The second kappa shape index (κ2) is 7.16. The summed E-state index contributed by atoms with van der Waals surface area (Å²) in [6.07, 6.45) is 1.36. The number of nitrogens with one attached hydrogen (secondary N) is 2. The van der Waals surface area contributed by atoms with Crippen molar-refractivity contribution in [1.29, 1.82) is 0 Å². The van der Waals surface area contributed by atoms with Gasteiger partial charge in [0.25, 0.3) is 5.91 Å². The minimum absolute atomic E-state index is 0.165. The smallest absolute Gasteiger partial charge is 0.274 e. The van der Waals surface area contributed by atoms with Crippen LogP contribution in [0.1, 0.15) is 31.3 Å². The third-order valence-electron chi connectivity index (χ3n) is 3.06. The maximum atomic E-state index is 12.4. The quantitative estimate of drug-likeness (QED) is 0.877. The van der Waals surface area contributed by atoms with Crippen LogP contribution in [0.15, 0.2) is 30.6 Å². The first-order valence-electron chi connectivity index (χ1n) is 7.46. The third-order valence-corrected chi connectivity index (χ3v) is 3.06. The molecule has 128 valence electrons. The fourth-order valence-electron chi connectivity index (χ4n) is 2.02. The van der Waals surface area contributed by atoms with Gasteiger partial charge in [0.2, 0.25) is 0 Å². The number of amides is 1. The van der Waals surface area contributed by atoms with Gasteiger partial charge in [-0.15, -0.1) is 0 Å². The maximum absolute atomic E-state index is 12.4. The summed E-state index contributed by atoms with van der Waals surface area (Å²) in [6.45, 7) is 6.03. The van der Waals surface area contributed by atoms with Gasteiger partial charge in [0.05, 0.1) is 19.9 Å². The SMILES string of the molecule is COc1ccc(NC(=O)c2cc(NC(C)(C)C)ncn2)c(OC)c1. The van der Waals surface area contributed by atoms with Gasteiger partial charge in [-0.05, 0) is 32.9 Å². The van der Waals surface area contributed by atoms with Crippen molar-refractivity contribution in [3.05, 3.63) is 36.3 Å². The molecule has 0 atom stereocenters. The molecule has 24 heavy (non-hydrogen) atoms. The van der Waals surface area contributed by atoms with Crippen LogP contribution in [0.25, 0.3) is 0 Å². The van der Waals surface area contributed by atoms with Crippen LogP contribution in [-0.2, 0) is 0 Å². The molecule has 0 spiro atoms. The van der Waals surface area contributed by atoms with Gasteiger partial charge in [0.1, 0.15) is 29.3 Å². The molecular weight excluding hydrogens is 308 g/mol. The van der Waals surface area contributed by atoms with E-state index in [0.717, 1.165) is 0 Å². The first-order chi connectivity index (χ1) is 11.3. The van der Waals surface area contributed by atoms with Crippen molar-refractivity contribution in [2.75, 3.05) is 24.9 Å². The minimum atomic E-state index is -0.349. The van der Waals surface area contributed by atoms with E-state index in [2.05, 4.69) is 20.6 Å². The molecule has 0 aliphatic heterocycles. The number of benzene rings is 1. The minimum Gasteiger partial charge on any atom is -0.497 e. The molecule has 1 heterocycles. The number of hydrogen-bond donors (Lipinski definition) is 2. The zero-order valence-electron chi connectivity index (χ0n) is 14.5. The summed E-state index contributed by atoms with van der Waals surface area (Å²) in [7, 11) is 3.10. The van der Waals surface area contributed by atoms with Gasteiger partial charge in [-0.25, -0.2) is 9.97 Å². The molecule has 0 radical (unpaired) electrons. The number of aromatic nitrogens is 2. The standard InChI is InChI=1S/C17H22N4O3/c1-17(2,3)21-15-9-13(18-10-19-15)16(22)20-12-7-6-11(23-4)8-14(12)24-5/h6-10H,1-5H3,(H,20,22)(H,18,19,21). The van der Waals surface area contributed by atoms with Crippen molar-refractivity contribution in [3.63, 3.8) is 0 Å². The lowest BCUT2D eigenvalue weighted by Crippen LogP contribution is -2.27. The Bertz CT molecular complexity index is 726. The molecule has 1 amide bonds. The second-order valence-corrected chi connectivity index (χ2v) is 6.18. The van der Waals surface area contributed by atoms with Gasteiger partial charge < -0.3 is 20.1 Å². The average Bonchev–Trinajstić information content (AvgIpc) is 2.53. The van der Waals surface area contributed by atoms with E-state index in [1.54, 1.807) is 31.4 Å². The molecule has 2 rings (SSSR count). The number of carbonyl (C=O) groups excluding carboxylic acids is 1. The molecule has 0 bridgehead atoms. The highest BCUT2D eigenvalue weighted by atomic mass is 16.5. The zero-order chi connectivity index (χ0) is 17.7. The molecule has 0 aliphatic rings. The molecule has 2 N–H and O–H groups in total. The van der Waals surface area contributed by atoms with E-state index in [1.165, 1.54) is 13.4 Å². The number of nitrogens with zero attached hydrogens (tertiary/aromatic N) is 2. The Morgan fingerprint density at radius 1 is 1.08 bits per heavy atom. The Labute approximate surface area is 141 Å². The maximum Gasteiger partial charge on any atom is 0.274 e. The second-order valence-electron chi connectivity index (χ2n) is 6.18. The van der Waals surface area contributed by atoms with Crippen molar-refractivity contribution in [2.45, 2.75) is 26.3 Å². The van der Waals surface area contributed by atoms with Crippen LogP contribution in [0.4, 0.5) is 11.5 Å². The van der Waals surface area contributed by atoms with E-state index in [9.17, 15) is 4.79 Å². The molecule has 0 saturated heterocycles. The molecule has 0 saturated carbocycles. The number of carbonyl (C=O) groups is 1. The Hall–Kier alpha value is -2.83. The lowest BCUT2D eigenvalue weighted by Gasteiger charge is -2.21. The monoisotopic (exact) mass is 330 g/mol. The van der Waals surface area contributed by atoms with E-state index >= 15 is 0 Å². The zero-order valence-corrected chi connectivity index (χ0v) is 14.5. The number of rotatable bonds is 5. The lowest BCUT2D eigenvalue weighted by molar-refractivity contribution is 0.102. The highest BCUT2D eigenvalue weighted by Crippen LogP contribution is 2.29. The Morgan fingerprint density at radius 3 is 2.46 bits per heavy atom. The van der Waals surface area contributed by atoms with Crippen LogP contribution in [0.3, 0.4) is 0 Å². The lowest BCUT2D eigenvalue weighted by atomic mass is 10.1. The molecular formula is C17H22N4O3. The van der Waals surface area contributed by atoms with Crippen LogP contribution in [-0.4, -0.2) is 35.6 Å². The normalized spacial score (nSPS) is 10.9. The predicted octanol–water partition coefficient (Wildman–Crippen LogP) is 2.96. The number of methoxy groups -OCH3 is 2. The van der Waals surface area contributed by atoms with E-state index in [-0.39, 0.29) is 17.1 Å². The summed E-state index contributed by atoms with van der Waals surface area (Å²) in [5, 5.41) is 5.99. The average molecular weight is 330 g/mol. The van der Waals surface area contributed by atoms with Crippen LogP contribution in [0.5, 0.6) is 11.5 Å². The van der Waals surface area contributed by atoms with Crippen molar-refractivity contribution >= 4 is 17.4 Å². The van der Waals surface area contributed by atoms with Gasteiger partial charge in [0.15, 0.2) is 0 Å². The Kier molecular flexibility index (Phi) is 5.23. The first kappa shape index (κ1) is 17.5. The molecule has 7 nitrogen and oxygen atoms in total. The summed E-state index contributed by atoms with van der Waals surface area (Å²) < 4.78 is 10.4. The van der Waals surface area contributed by atoms with Gasteiger partial charge in [-0.3, -0.25) is 4.79 Å². The van der Waals surface area contributed by atoms with Crippen LogP contribution < -0.4 is 20.1 Å². The fraction of sp³-hybridized carbons (Fsp3) is 0.353. The first-order valence-corrected chi connectivity index (χ1v) is 7.46. The van der Waals surface area contributed by atoms with Gasteiger partial charge in [0, 0.05) is 17.7 Å². The van der Waals surface area contributed by atoms with Crippen molar-refractivity contribution < 1.29 is 14.3 Å². The summed E-state index contributed by atoms with van der Waals surface area (Å²) in [6, 6.07) is 6.76. The van der Waals surface area contributed by atoms with Gasteiger partial charge >= 0.3 is 0 Å². The topological polar surface area (TPSA) is 85.4 Å². The number of ether oxygens (including phenoxy) is 2. The molecule has 1 aromatic carbocycles. The van der Waals surface area contributed by atoms with Crippen molar-refractivity contribution in [2.24, 2.45) is 0 Å². The highest BCUT2D eigenvalue weighted by Gasteiger charge is 2.15. The molecule has 0 fully saturated rings. The summed E-state index contributed by atoms with van der Waals surface area (Å²) in [5.41, 5.74) is 0.628. The van der Waals surface area contributed by atoms with Crippen LogP contribution >= 0.6 is 0 Å². The molecule has 1 aromatic heterocycles. The number of hydrogen-bond acceptors (Lipinski definition) is 6. The van der Waals surface area contributed by atoms with Crippen LogP contribution in [0, 0.1) is 0 Å². The summed E-state index contributed by atoms with van der Waals surface area (Å²) >= 11 is 0. The molecule has 2 aromatic rings. The predicted molar refractivity (Wildman–Crippen MR) is 92.9 cm³/mol. The largest absolute Gasteiger partial charge is 0.497 e. The summed E-state index contributed by atoms with van der Waals surface area (Å²) in [5.74, 6) is 1.38. The fourth-order valence-corrected chi connectivity index (χ4v) is 2.02. The van der Waals surface area contributed by atoms with Gasteiger partial charge in [-0.2, -0.15) is 0 Å². The molecule has 7 heteroatoms. The van der Waals surface area contributed by atoms with Gasteiger partial charge in [-0.1, -0.05) is 0 Å². The van der Waals surface area contributed by atoms with Crippen molar-refractivity contribution in [3.8, 4) is 11.5 Å². The van der Waals surface area contributed by atoms with E-state index in [1.807, 2.05) is 20.8 Å². The third kappa shape index (κ3) is 4.58. The van der Waals surface area contributed by atoms with Crippen LogP contribution in [0.2, 0.25) is 0 Å². The Morgan fingerprint density at radius 2 is 1.83 bits per heavy atom. The Balaban J connectivity index is 2.20. The van der Waals surface area contributed by atoms with E-state index in [4.69, 9.17) is 9.47 Å². The van der Waals surface area contributed by atoms with E-state index in [0.29, 0.717) is 23.0 Å². The summed E-state index contributed by atoms with van der Waals surface area (Å²) in [4.78, 5) is 20.6. The highest BCUT2D eigenvalue weighted by molar-refractivity contribution is 6.04. The van der Waals surface area contributed by atoms with Crippen molar-refractivity contribution in [1.82, 2.24) is 9.97 Å². The van der Waals surface area contributed by atoms with E-state index < -0.39 is 0 Å². The molecule has 0 unspecified atom stereocenters. The molecule has 0 aliphatic carbocycles. The number of anilines is 2.